The van der Waals surface area contributed by atoms with Gasteiger partial charge in [0.1, 0.15) is 11.3 Å². The van der Waals surface area contributed by atoms with Crippen molar-refractivity contribution in [2.75, 3.05) is 0 Å². The van der Waals surface area contributed by atoms with Crippen molar-refractivity contribution in [1.29, 1.82) is 0 Å². The van der Waals surface area contributed by atoms with Gasteiger partial charge in [0.25, 0.3) is 0 Å². The minimum absolute atomic E-state index is 0.296. The van der Waals surface area contributed by atoms with E-state index in [9.17, 15) is 4.91 Å². The highest BCUT2D eigenvalue weighted by Crippen LogP contribution is 2.31. The number of aromatic nitrogens is 2. The summed E-state index contributed by atoms with van der Waals surface area (Å²) >= 11 is 5.96. The van der Waals surface area contributed by atoms with Gasteiger partial charge < -0.3 is 0 Å². The van der Waals surface area contributed by atoms with E-state index in [-0.39, 0.29) is 0 Å². The minimum Gasteiger partial charge on any atom is -0.281 e. The van der Waals surface area contributed by atoms with E-state index in [2.05, 4.69) is 29.2 Å². The molecule has 2 heterocycles. The highest BCUT2D eigenvalue weighted by atomic mass is 35.5. The normalized spacial score (nSPS) is 11.0. The van der Waals surface area contributed by atoms with Crippen LogP contribution in [0.4, 0.5) is 5.82 Å². The fraction of sp³-hybridized carbons (Fsp3) is 0.188. The predicted molar refractivity (Wildman–Crippen MR) is 85.1 cm³/mol. The molecule has 0 unspecified atom stereocenters. The Bertz CT molecular complexity index is 793. The number of fused-ring (bicyclic) bond motifs is 1. The van der Waals surface area contributed by atoms with Crippen molar-refractivity contribution < 1.29 is 0 Å². The zero-order valence-corrected chi connectivity index (χ0v) is 12.3. The summed E-state index contributed by atoms with van der Waals surface area (Å²) in [4.78, 5) is 15.7. The average Bonchev–Trinajstić information content (AvgIpc) is 2.85. The predicted octanol–water partition coefficient (Wildman–Crippen LogP) is 5.01. The topological polar surface area (TPSA) is 46.7 Å². The van der Waals surface area contributed by atoms with Crippen LogP contribution < -0.4 is 0 Å². The number of aryl methyl sites for hydroxylation is 1. The van der Waals surface area contributed by atoms with Crippen LogP contribution in [0.5, 0.6) is 0 Å². The van der Waals surface area contributed by atoms with Gasteiger partial charge in [0.05, 0.1) is 0 Å². The number of benzene rings is 1. The Morgan fingerprint density at radius 2 is 2.00 bits per heavy atom. The van der Waals surface area contributed by atoms with Gasteiger partial charge in [0, 0.05) is 22.8 Å². The Morgan fingerprint density at radius 3 is 2.67 bits per heavy atom. The lowest BCUT2D eigenvalue weighted by molar-refractivity contribution is 0.922. The first kappa shape index (κ1) is 13.8. The number of pyridine rings is 1. The quantitative estimate of drug-likeness (QED) is 0.636. The molecule has 0 aliphatic heterocycles. The fourth-order valence-corrected chi connectivity index (χ4v) is 2.56. The van der Waals surface area contributed by atoms with Crippen LogP contribution in [0.3, 0.4) is 0 Å². The SMILES string of the molecule is CCCc1ccc(-c2nc3cc(Cl)ccn3c2N=O)cc1. The second-order valence-corrected chi connectivity index (χ2v) is 5.33. The summed E-state index contributed by atoms with van der Waals surface area (Å²) in [6.07, 6.45) is 3.85. The molecule has 106 valence electrons. The zero-order chi connectivity index (χ0) is 14.8. The lowest BCUT2D eigenvalue weighted by Crippen LogP contribution is -1.84. The second kappa shape index (κ2) is 5.66. The number of imidazole rings is 1. The van der Waals surface area contributed by atoms with Crippen LogP contribution >= 0.6 is 11.6 Å². The lowest BCUT2D eigenvalue weighted by Gasteiger charge is -2.01. The molecule has 4 nitrogen and oxygen atoms in total. The van der Waals surface area contributed by atoms with E-state index in [0.717, 1.165) is 18.4 Å². The molecule has 1 aromatic carbocycles. The lowest BCUT2D eigenvalue weighted by atomic mass is 10.1. The third-order valence-corrected chi connectivity index (χ3v) is 3.65. The molecule has 0 amide bonds. The summed E-state index contributed by atoms with van der Waals surface area (Å²) in [5, 5.41) is 3.71. The van der Waals surface area contributed by atoms with E-state index in [4.69, 9.17) is 11.6 Å². The van der Waals surface area contributed by atoms with Crippen LogP contribution in [0.2, 0.25) is 5.02 Å². The fourth-order valence-electron chi connectivity index (χ4n) is 2.41. The van der Waals surface area contributed by atoms with Crippen LogP contribution in [-0.4, -0.2) is 9.38 Å². The zero-order valence-electron chi connectivity index (χ0n) is 11.6. The molecule has 3 aromatic rings. The number of nitroso groups, excluding NO2 is 1. The van der Waals surface area contributed by atoms with Gasteiger partial charge in [-0.05, 0) is 23.2 Å². The van der Waals surface area contributed by atoms with Crippen molar-refractivity contribution >= 4 is 23.1 Å². The van der Waals surface area contributed by atoms with Crippen LogP contribution in [0.25, 0.3) is 16.9 Å². The Morgan fingerprint density at radius 1 is 1.24 bits per heavy atom. The standard InChI is InChI=1S/C16H14ClN3O/c1-2-3-11-4-6-12(7-5-11)15-16(19-21)20-9-8-13(17)10-14(20)18-15/h4-10H,2-3H2,1H3. The summed E-state index contributed by atoms with van der Waals surface area (Å²) < 4.78 is 1.65. The maximum atomic E-state index is 11.2. The van der Waals surface area contributed by atoms with Crippen molar-refractivity contribution in [3.8, 4) is 11.3 Å². The minimum atomic E-state index is 0.296. The van der Waals surface area contributed by atoms with E-state index in [1.54, 1.807) is 22.7 Å². The highest BCUT2D eigenvalue weighted by molar-refractivity contribution is 6.30. The van der Waals surface area contributed by atoms with Gasteiger partial charge in [0.2, 0.25) is 5.82 Å². The molecule has 0 fully saturated rings. The van der Waals surface area contributed by atoms with Gasteiger partial charge >= 0.3 is 0 Å². The largest absolute Gasteiger partial charge is 0.281 e. The van der Waals surface area contributed by atoms with Crippen LogP contribution in [0, 0.1) is 4.91 Å². The van der Waals surface area contributed by atoms with Crippen molar-refractivity contribution in [2.24, 2.45) is 5.18 Å². The summed E-state index contributed by atoms with van der Waals surface area (Å²) in [7, 11) is 0. The van der Waals surface area contributed by atoms with Crippen molar-refractivity contribution in [2.45, 2.75) is 19.8 Å². The highest BCUT2D eigenvalue weighted by Gasteiger charge is 2.14. The molecule has 3 rings (SSSR count). The molecule has 0 spiro atoms. The molecule has 2 aromatic heterocycles. The first-order chi connectivity index (χ1) is 10.2. The number of hydrogen-bond acceptors (Lipinski definition) is 3. The number of rotatable bonds is 4. The molecule has 0 bridgehead atoms. The summed E-state index contributed by atoms with van der Waals surface area (Å²) in [6.45, 7) is 2.15. The molecule has 5 heteroatoms. The van der Waals surface area contributed by atoms with Crippen molar-refractivity contribution in [3.05, 3.63) is 58.1 Å². The van der Waals surface area contributed by atoms with Gasteiger partial charge in [-0.3, -0.25) is 4.40 Å². The van der Waals surface area contributed by atoms with Gasteiger partial charge in [-0.1, -0.05) is 49.2 Å². The van der Waals surface area contributed by atoms with E-state index >= 15 is 0 Å². The molecular weight excluding hydrogens is 286 g/mol. The molecule has 0 aliphatic rings. The third-order valence-electron chi connectivity index (χ3n) is 3.42. The molecule has 0 N–H and O–H groups in total. The smallest absolute Gasteiger partial charge is 0.209 e. The van der Waals surface area contributed by atoms with E-state index in [0.29, 0.717) is 22.2 Å². The maximum Gasteiger partial charge on any atom is 0.209 e. The molecule has 0 aliphatic carbocycles. The Kier molecular flexibility index (Phi) is 3.71. The third kappa shape index (κ3) is 2.54. The van der Waals surface area contributed by atoms with Crippen LogP contribution in [0.1, 0.15) is 18.9 Å². The van der Waals surface area contributed by atoms with E-state index in [1.165, 1.54) is 5.56 Å². The van der Waals surface area contributed by atoms with Crippen LogP contribution in [-0.2, 0) is 6.42 Å². The number of nitrogens with zero attached hydrogens (tertiary/aromatic N) is 3. The van der Waals surface area contributed by atoms with Gasteiger partial charge in [-0.15, -0.1) is 4.91 Å². The summed E-state index contributed by atoms with van der Waals surface area (Å²) in [5.74, 6) is 0.296. The molecule has 0 saturated heterocycles. The van der Waals surface area contributed by atoms with Gasteiger partial charge in [0.15, 0.2) is 0 Å². The van der Waals surface area contributed by atoms with E-state index < -0.39 is 0 Å². The molecular formula is C16H14ClN3O. The first-order valence-corrected chi connectivity index (χ1v) is 7.21. The number of halogens is 1. The van der Waals surface area contributed by atoms with Gasteiger partial charge in [-0.25, -0.2) is 4.98 Å². The van der Waals surface area contributed by atoms with Crippen molar-refractivity contribution in [3.63, 3.8) is 0 Å². The van der Waals surface area contributed by atoms with Crippen LogP contribution in [0.15, 0.2) is 47.8 Å². The monoisotopic (exact) mass is 299 g/mol. The first-order valence-electron chi connectivity index (χ1n) is 6.83. The molecule has 21 heavy (non-hydrogen) atoms. The summed E-state index contributed by atoms with van der Waals surface area (Å²) in [6, 6.07) is 11.5. The molecule has 0 atom stereocenters. The van der Waals surface area contributed by atoms with Gasteiger partial charge in [-0.2, -0.15) is 0 Å². The maximum absolute atomic E-state index is 11.2. The Hall–Kier alpha value is -2.20. The molecule has 0 saturated carbocycles. The summed E-state index contributed by atoms with van der Waals surface area (Å²) in [5.41, 5.74) is 3.35. The Labute approximate surface area is 127 Å². The van der Waals surface area contributed by atoms with Crippen molar-refractivity contribution in [1.82, 2.24) is 9.38 Å². The average molecular weight is 300 g/mol. The second-order valence-electron chi connectivity index (χ2n) is 4.90. The van der Waals surface area contributed by atoms with E-state index in [1.807, 2.05) is 12.1 Å². The number of hydrogen-bond donors (Lipinski definition) is 0. The Balaban J connectivity index is 2.12. The molecule has 0 radical (unpaired) electrons.